The second kappa shape index (κ2) is 3.80. The first-order chi connectivity index (χ1) is 8.15. The van der Waals surface area contributed by atoms with Crippen molar-refractivity contribution < 1.29 is 10.2 Å². The van der Waals surface area contributed by atoms with Crippen LogP contribution in [0, 0.1) is 5.92 Å². The number of aliphatic hydroxyl groups is 2. The normalized spacial score (nSPS) is 41.7. The third kappa shape index (κ3) is 1.46. The fraction of sp³-hybridized carbons (Fsp3) is 0.571. The summed E-state index contributed by atoms with van der Waals surface area (Å²) in [7, 11) is 0. The van der Waals surface area contributed by atoms with E-state index in [1.807, 2.05) is 18.2 Å². The number of piperidine rings is 1. The summed E-state index contributed by atoms with van der Waals surface area (Å²) in [5.41, 5.74) is 0.875. The van der Waals surface area contributed by atoms with Crippen LogP contribution in [0.2, 0.25) is 0 Å². The van der Waals surface area contributed by atoms with Gasteiger partial charge in [0.1, 0.15) is 0 Å². The van der Waals surface area contributed by atoms with Gasteiger partial charge >= 0.3 is 0 Å². The third-order valence-corrected chi connectivity index (χ3v) is 4.70. The van der Waals surface area contributed by atoms with E-state index in [9.17, 15) is 10.2 Å². The molecule has 0 radical (unpaired) electrons. The second-order valence-corrected chi connectivity index (χ2v) is 5.45. The number of fused-ring (bicyclic) bond motifs is 2. The largest absolute Gasteiger partial charge is 0.390 e. The lowest BCUT2D eigenvalue weighted by Crippen LogP contribution is -2.58. The fourth-order valence-electron chi connectivity index (χ4n) is 3.55. The number of nitrogens with one attached hydrogen (secondary N) is 1. The quantitative estimate of drug-likeness (QED) is 0.710. The average Bonchev–Trinajstić information content (AvgIpc) is 2.91. The maximum absolute atomic E-state index is 10.3. The van der Waals surface area contributed by atoms with E-state index in [0.29, 0.717) is 0 Å². The van der Waals surface area contributed by atoms with E-state index < -0.39 is 12.2 Å². The Hall–Kier alpha value is -0.900. The Balaban J connectivity index is 1.94. The number of hydrogen-bond acceptors (Lipinski definition) is 3. The zero-order valence-electron chi connectivity index (χ0n) is 10.0. The van der Waals surface area contributed by atoms with Gasteiger partial charge in [0, 0.05) is 18.4 Å². The van der Waals surface area contributed by atoms with Crippen LogP contribution < -0.4 is 5.32 Å². The summed E-state index contributed by atoms with van der Waals surface area (Å²) in [5.74, 6) is 0.414. The van der Waals surface area contributed by atoms with Crippen LogP contribution in [0.4, 0.5) is 0 Å². The smallest absolute Gasteiger partial charge is 0.0989 e. The molecule has 0 aromatic heterocycles. The second-order valence-electron chi connectivity index (χ2n) is 5.45. The van der Waals surface area contributed by atoms with E-state index >= 15 is 0 Å². The summed E-state index contributed by atoms with van der Waals surface area (Å²) in [6, 6.07) is 10.2. The van der Waals surface area contributed by atoms with Gasteiger partial charge in [0.25, 0.3) is 0 Å². The van der Waals surface area contributed by atoms with Crippen molar-refractivity contribution in [3.63, 3.8) is 0 Å². The molecule has 2 aliphatic rings. The van der Waals surface area contributed by atoms with Crippen molar-refractivity contribution in [1.82, 2.24) is 5.32 Å². The molecule has 92 valence electrons. The van der Waals surface area contributed by atoms with E-state index in [4.69, 9.17) is 0 Å². The molecular weight excluding hydrogens is 214 g/mol. The number of aliphatic hydroxyl groups excluding tert-OH is 2. The van der Waals surface area contributed by atoms with Gasteiger partial charge < -0.3 is 15.5 Å². The van der Waals surface area contributed by atoms with E-state index in [2.05, 4.69) is 24.4 Å². The maximum Gasteiger partial charge on any atom is 0.0989 e. The molecule has 1 saturated heterocycles. The first kappa shape index (κ1) is 11.2. The molecule has 3 nitrogen and oxygen atoms in total. The summed E-state index contributed by atoms with van der Waals surface area (Å²) in [5, 5.41) is 23.7. The number of hydrogen-bond donors (Lipinski definition) is 3. The highest BCUT2D eigenvalue weighted by molar-refractivity contribution is 5.28. The standard InChI is InChI=1S/C14H19NO2/c1-9(10-5-3-2-4-6-10)14-7-11(8-15-14)12(16)13(14)17/h2-6,9,11-13,15-17H,7-8H2,1H3/t9?,11-,12?,13-,14+/m1/s1. The number of rotatable bonds is 2. The highest BCUT2D eigenvalue weighted by Gasteiger charge is 2.59. The third-order valence-electron chi connectivity index (χ3n) is 4.70. The predicted molar refractivity (Wildman–Crippen MR) is 65.7 cm³/mol. The van der Waals surface area contributed by atoms with Crippen molar-refractivity contribution in [1.29, 1.82) is 0 Å². The molecule has 3 rings (SSSR count). The van der Waals surface area contributed by atoms with Crippen molar-refractivity contribution in [3.8, 4) is 0 Å². The molecular formula is C14H19NO2. The van der Waals surface area contributed by atoms with Gasteiger partial charge in [-0.05, 0) is 12.0 Å². The van der Waals surface area contributed by atoms with Crippen LogP contribution >= 0.6 is 0 Å². The Morgan fingerprint density at radius 2 is 2.00 bits per heavy atom. The van der Waals surface area contributed by atoms with Gasteiger partial charge in [-0.3, -0.25) is 0 Å². The van der Waals surface area contributed by atoms with Crippen molar-refractivity contribution >= 4 is 0 Å². The molecule has 1 saturated carbocycles. The van der Waals surface area contributed by atoms with E-state index in [1.54, 1.807) is 0 Å². The first-order valence-electron chi connectivity index (χ1n) is 6.31. The van der Waals surface area contributed by atoms with Gasteiger partial charge in [-0.25, -0.2) is 0 Å². The van der Waals surface area contributed by atoms with Crippen LogP contribution in [-0.2, 0) is 0 Å². The number of benzene rings is 1. The monoisotopic (exact) mass is 233 g/mol. The van der Waals surface area contributed by atoms with Crippen LogP contribution in [0.15, 0.2) is 30.3 Å². The molecule has 1 aromatic rings. The lowest BCUT2D eigenvalue weighted by molar-refractivity contribution is -0.0364. The molecule has 2 unspecified atom stereocenters. The molecule has 1 aliphatic carbocycles. The topological polar surface area (TPSA) is 52.5 Å². The van der Waals surface area contributed by atoms with E-state index in [-0.39, 0.29) is 17.4 Å². The highest BCUT2D eigenvalue weighted by atomic mass is 16.3. The lowest BCUT2D eigenvalue weighted by atomic mass is 9.78. The minimum Gasteiger partial charge on any atom is -0.390 e. The van der Waals surface area contributed by atoms with Gasteiger partial charge in [0.2, 0.25) is 0 Å². The Morgan fingerprint density at radius 1 is 1.29 bits per heavy atom. The van der Waals surface area contributed by atoms with Crippen molar-refractivity contribution in [2.24, 2.45) is 5.92 Å². The molecule has 1 aromatic carbocycles. The molecule has 3 N–H and O–H groups in total. The van der Waals surface area contributed by atoms with Gasteiger partial charge in [-0.2, -0.15) is 0 Å². The fourth-order valence-corrected chi connectivity index (χ4v) is 3.55. The SMILES string of the molecule is CC(c1ccccc1)[C@]12C[C@H](CN1)C(O)[C@H]2O. The van der Waals surface area contributed by atoms with Crippen molar-refractivity contribution in [2.75, 3.05) is 6.54 Å². The Bertz CT molecular complexity index is 408. The van der Waals surface area contributed by atoms with Crippen molar-refractivity contribution in [3.05, 3.63) is 35.9 Å². The Morgan fingerprint density at radius 3 is 2.59 bits per heavy atom. The maximum atomic E-state index is 10.3. The Kier molecular flexibility index (Phi) is 2.51. The van der Waals surface area contributed by atoms with Gasteiger partial charge in [0.05, 0.1) is 17.7 Å². The van der Waals surface area contributed by atoms with Crippen LogP contribution in [0.3, 0.4) is 0 Å². The van der Waals surface area contributed by atoms with Crippen LogP contribution in [0.25, 0.3) is 0 Å². The molecule has 2 bridgehead atoms. The van der Waals surface area contributed by atoms with Gasteiger partial charge in [-0.1, -0.05) is 37.3 Å². The van der Waals surface area contributed by atoms with Crippen LogP contribution in [-0.4, -0.2) is 34.5 Å². The van der Waals surface area contributed by atoms with Crippen LogP contribution in [0.5, 0.6) is 0 Å². The zero-order valence-corrected chi connectivity index (χ0v) is 10.0. The molecule has 0 spiro atoms. The molecule has 2 fully saturated rings. The minimum atomic E-state index is -0.656. The summed E-state index contributed by atoms with van der Waals surface area (Å²) in [4.78, 5) is 0. The van der Waals surface area contributed by atoms with Gasteiger partial charge in [0.15, 0.2) is 0 Å². The van der Waals surface area contributed by atoms with E-state index in [1.165, 1.54) is 5.56 Å². The summed E-state index contributed by atoms with van der Waals surface area (Å²) >= 11 is 0. The molecule has 3 heteroatoms. The lowest BCUT2D eigenvalue weighted by Gasteiger charge is -2.40. The molecule has 1 aliphatic heterocycles. The van der Waals surface area contributed by atoms with Crippen LogP contribution in [0.1, 0.15) is 24.8 Å². The predicted octanol–water partition coefficient (Wildman–Crippen LogP) is 0.874. The summed E-state index contributed by atoms with van der Waals surface area (Å²) in [6.45, 7) is 2.95. The van der Waals surface area contributed by atoms with E-state index in [0.717, 1.165) is 13.0 Å². The molecule has 0 amide bonds. The minimum absolute atomic E-state index is 0.205. The average molecular weight is 233 g/mol. The zero-order chi connectivity index (χ0) is 12.0. The van der Waals surface area contributed by atoms with Gasteiger partial charge in [-0.15, -0.1) is 0 Å². The first-order valence-corrected chi connectivity index (χ1v) is 6.31. The Labute approximate surface area is 101 Å². The highest BCUT2D eigenvalue weighted by Crippen LogP contribution is 2.48. The summed E-state index contributed by atoms with van der Waals surface area (Å²) < 4.78 is 0. The molecule has 5 atom stereocenters. The summed E-state index contributed by atoms with van der Waals surface area (Å²) in [6.07, 6.45) is -0.357. The van der Waals surface area contributed by atoms with Crippen molar-refractivity contribution in [2.45, 2.75) is 37.0 Å². The molecule has 17 heavy (non-hydrogen) atoms. The molecule has 1 heterocycles.